The molecule has 1 heterocycles. The lowest BCUT2D eigenvalue weighted by Gasteiger charge is -2.33. The maximum atomic E-state index is 12.1. The van der Waals surface area contributed by atoms with E-state index in [1.54, 1.807) is 18.7 Å². The van der Waals surface area contributed by atoms with E-state index in [1.807, 2.05) is 11.8 Å². The standard InChI is InChI=1S/C9H17N3O2S/c1-9(2,7(10)11-14)8(13)12-3-5-15-6-4-12/h14H,3-6H2,1-2H3,(H2,10,11). The van der Waals surface area contributed by atoms with Crippen LogP contribution in [0.25, 0.3) is 0 Å². The molecule has 1 amide bonds. The van der Waals surface area contributed by atoms with Crippen molar-refractivity contribution in [3.8, 4) is 0 Å². The predicted molar refractivity (Wildman–Crippen MR) is 61.1 cm³/mol. The predicted octanol–water partition coefficient (Wildman–Crippen LogP) is 0.334. The van der Waals surface area contributed by atoms with Gasteiger partial charge in [-0.15, -0.1) is 0 Å². The Morgan fingerprint density at radius 3 is 2.47 bits per heavy atom. The van der Waals surface area contributed by atoms with Gasteiger partial charge in [0.1, 0.15) is 5.41 Å². The molecule has 86 valence electrons. The highest BCUT2D eigenvalue weighted by Crippen LogP contribution is 2.21. The molecule has 1 aliphatic rings. The van der Waals surface area contributed by atoms with Crippen molar-refractivity contribution in [2.24, 2.45) is 16.3 Å². The van der Waals surface area contributed by atoms with Crippen LogP contribution in [-0.2, 0) is 4.79 Å². The van der Waals surface area contributed by atoms with Crippen LogP contribution in [0.4, 0.5) is 0 Å². The minimum absolute atomic E-state index is 0.0364. The second kappa shape index (κ2) is 4.74. The minimum atomic E-state index is -0.920. The van der Waals surface area contributed by atoms with Gasteiger partial charge in [-0.05, 0) is 13.8 Å². The molecule has 0 radical (unpaired) electrons. The van der Waals surface area contributed by atoms with Gasteiger partial charge in [0, 0.05) is 24.6 Å². The van der Waals surface area contributed by atoms with Crippen LogP contribution in [0, 0.1) is 5.41 Å². The van der Waals surface area contributed by atoms with E-state index in [2.05, 4.69) is 5.16 Å². The molecule has 3 N–H and O–H groups in total. The molecule has 0 aromatic heterocycles. The van der Waals surface area contributed by atoms with Gasteiger partial charge in [-0.2, -0.15) is 11.8 Å². The number of rotatable bonds is 2. The summed E-state index contributed by atoms with van der Waals surface area (Å²) in [6.45, 7) is 4.83. The van der Waals surface area contributed by atoms with Crippen LogP contribution in [-0.4, -0.2) is 46.4 Å². The zero-order valence-corrected chi connectivity index (χ0v) is 9.88. The SMILES string of the molecule is CC(C)(C(=O)N1CCSCC1)C(N)=NO. The molecular formula is C9H17N3O2S. The van der Waals surface area contributed by atoms with Crippen LogP contribution in [0.3, 0.4) is 0 Å². The highest BCUT2D eigenvalue weighted by Gasteiger charge is 2.36. The van der Waals surface area contributed by atoms with Gasteiger partial charge in [0.2, 0.25) is 5.91 Å². The van der Waals surface area contributed by atoms with E-state index in [1.165, 1.54) is 0 Å². The summed E-state index contributed by atoms with van der Waals surface area (Å²) in [5.41, 5.74) is 4.59. The Kier molecular flexibility index (Phi) is 3.84. The number of thioether (sulfide) groups is 1. The Morgan fingerprint density at radius 1 is 1.47 bits per heavy atom. The number of hydrogen-bond acceptors (Lipinski definition) is 4. The molecule has 0 bridgehead atoms. The summed E-state index contributed by atoms with van der Waals surface area (Å²) in [5.74, 6) is 1.81. The molecule has 0 aromatic carbocycles. The third-order valence-corrected chi connectivity index (χ3v) is 3.52. The number of amides is 1. The number of nitrogens with two attached hydrogens (primary N) is 1. The summed E-state index contributed by atoms with van der Waals surface area (Å²) >= 11 is 1.84. The average Bonchev–Trinajstić information content (AvgIpc) is 2.28. The summed E-state index contributed by atoms with van der Waals surface area (Å²) < 4.78 is 0. The minimum Gasteiger partial charge on any atom is -0.409 e. The Balaban J connectivity index is 2.73. The second-order valence-corrected chi connectivity index (χ2v) is 5.24. The van der Waals surface area contributed by atoms with Gasteiger partial charge in [-0.25, -0.2) is 0 Å². The van der Waals surface area contributed by atoms with Crippen LogP contribution in [0.2, 0.25) is 0 Å². The highest BCUT2D eigenvalue weighted by atomic mass is 32.2. The topological polar surface area (TPSA) is 78.9 Å². The van der Waals surface area contributed by atoms with Crippen LogP contribution in [0.1, 0.15) is 13.8 Å². The molecule has 0 aromatic rings. The van der Waals surface area contributed by atoms with Crippen LogP contribution >= 0.6 is 11.8 Å². The third kappa shape index (κ3) is 2.56. The van der Waals surface area contributed by atoms with Crippen molar-refractivity contribution in [3.63, 3.8) is 0 Å². The largest absolute Gasteiger partial charge is 0.409 e. The summed E-state index contributed by atoms with van der Waals surface area (Å²) in [4.78, 5) is 13.8. The summed E-state index contributed by atoms with van der Waals surface area (Å²) in [7, 11) is 0. The lowest BCUT2D eigenvalue weighted by Crippen LogP contribution is -2.50. The van der Waals surface area contributed by atoms with Crippen molar-refractivity contribution in [3.05, 3.63) is 0 Å². The maximum absolute atomic E-state index is 12.1. The van der Waals surface area contributed by atoms with E-state index in [9.17, 15) is 4.79 Å². The van der Waals surface area contributed by atoms with Gasteiger partial charge >= 0.3 is 0 Å². The normalized spacial score (nSPS) is 19.1. The lowest BCUT2D eigenvalue weighted by molar-refractivity contribution is -0.136. The number of carbonyl (C=O) groups excluding carboxylic acids is 1. The molecule has 0 aliphatic carbocycles. The Morgan fingerprint density at radius 2 is 2.00 bits per heavy atom. The van der Waals surface area contributed by atoms with Crippen LogP contribution in [0.15, 0.2) is 5.16 Å². The first-order chi connectivity index (χ1) is 7.00. The first-order valence-corrected chi connectivity index (χ1v) is 6.00. The van der Waals surface area contributed by atoms with Gasteiger partial charge < -0.3 is 15.8 Å². The monoisotopic (exact) mass is 231 g/mol. The zero-order valence-electron chi connectivity index (χ0n) is 9.06. The van der Waals surface area contributed by atoms with Gasteiger partial charge in [-0.3, -0.25) is 4.79 Å². The van der Waals surface area contributed by atoms with Crippen molar-refractivity contribution in [1.29, 1.82) is 0 Å². The number of carbonyl (C=O) groups is 1. The van der Waals surface area contributed by atoms with E-state index >= 15 is 0 Å². The first-order valence-electron chi connectivity index (χ1n) is 4.85. The van der Waals surface area contributed by atoms with Crippen molar-refractivity contribution < 1.29 is 10.0 Å². The number of hydrogen-bond donors (Lipinski definition) is 2. The molecule has 1 rings (SSSR count). The first kappa shape index (κ1) is 12.2. The molecule has 15 heavy (non-hydrogen) atoms. The van der Waals surface area contributed by atoms with Crippen molar-refractivity contribution >= 4 is 23.5 Å². The Labute approximate surface area is 93.7 Å². The zero-order chi connectivity index (χ0) is 11.5. The van der Waals surface area contributed by atoms with E-state index in [0.29, 0.717) is 0 Å². The van der Waals surface area contributed by atoms with Gasteiger partial charge in [-0.1, -0.05) is 5.16 Å². The molecule has 1 aliphatic heterocycles. The summed E-state index contributed by atoms with van der Waals surface area (Å²) in [6, 6.07) is 0. The molecule has 0 spiro atoms. The Bertz CT molecular complexity index is 273. The van der Waals surface area contributed by atoms with Crippen molar-refractivity contribution in [2.75, 3.05) is 24.6 Å². The molecule has 5 nitrogen and oxygen atoms in total. The maximum Gasteiger partial charge on any atom is 0.236 e. The molecule has 6 heteroatoms. The van der Waals surface area contributed by atoms with Gasteiger partial charge in [0.25, 0.3) is 0 Å². The summed E-state index contributed by atoms with van der Waals surface area (Å²) in [6.07, 6.45) is 0. The number of oxime groups is 1. The highest BCUT2D eigenvalue weighted by molar-refractivity contribution is 7.99. The van der Waals surface area contributed by atoms with Crippen LogP contribution < -0.4 is 5.73 Å². The van der Waals surface area contributed by atoms with E-state index in [0.717, 1.165) is 24.6 Å². The fraction of sp³-hybridized carbons (Fsp3) is 0.778. The quantitative estimate of drug-likeness (QED) is 0.311. The summed E-state index contributed by atoms with van der Waals surface area (Å²) in [5, 5.41) is 11.5. The van der Waals surface area contributed by atoms with Gasteiger partial charge in [0.05, 0.1) is 0 Å². The molecule has 1 saturated heterocycles. The fourth-order valence-corrected chi connectivity index (χ4v) is 2.30. The lowest BCUT2D eigenvalue weighted by atomic mass is 9.90. The Hall–Kier alpha value is -0.910. The van der Waals surface area contributed by atoms with Crippen LogP contribution in [0.5, 0.6) is 0 Å². The van der Waals surface area contributed by atoms with Crippen molar-refractivity contribution in [2.45, 2.75) is 13.8 Å². The molecule has 0 atom stereocenters. The van der Waals surface area contributed by atoms with E-state index in [-0.39, 0.29) is 11.7 Å². The number of nitrogens with zero attached hydrogens (tertiary/aromatic N) is 2. The van der Waals surface area contributed by atoms with Gasteiger partial charge in [0.15, 0.2) is 5.84 Å². The van der Waals surface area contributed by atoms with E-state index in [4.69, 9.17) is 10.9 Å². The third-order valence-electron chi connectivity index (χ3n) is 2.58. The molecular weight excluding hydrogens is 214 g/mol. The molecule has 0 saturated carbocycles. The molecule has 0 unspecified atom stereocenters. The smallest absolute Gasteiger partial charge is 0.236 e. The fourth-order valence-electron chi connectivity index (χ4n) is 1.40. The van der Waals surface area contributed by atoms with E-state index < -0.39 is 5.41 Å². The average molecular weight is 231 g/mol. The molecule has 1 fully saturated rings. The van der Waals surface area contributed by atoms with Crippen molar-refractivity contribution in [1.82, 2.24) is 4.90 Å². The number of amidine groups is 1. The second-order valence-electron chi connectivity index (χ2n) is 4.01.